The van der Waals surface area contributed by atoms with Crippen LogP contribution in [0.3, 0.4) is 0 Å². The fourth-order valence-electron chi connectivity index (χ4n) is 4.82. The summed E-state index contributed by atoms with van der Waals surface area (Å²) >= 11 is 0. The number of fused-ring (bicyclic) bond motifs is 1. The third kappa shape index (κ3) is 4.31. The Morgan fingerprint density at radius 3 is 2.53 bits per heavy atom. The van der Waals surface area contributed by atoms with Crippen LogP contribution in [0.1, 0.15) is 59.6 Å². The van der Waals surface area contributed by atoms with E-state index in [1.54, 1.807) is 13.2 Å². The standard InChI is InChI=1S/C26H30N2O4/c1-31-20-9-11-24(32-19-12-14-28(15-13-19)26(30)18-6-7-18)22(16-20)25(29)27-23-10-8-17-4-2-3-5-21(17)23/h2-5,9,11,16,18-19,23H,6-8,10,12-15H2,1H3,(H,27,29)/t23-/m1/s1. The predicted molar refractivity (Wildman–Crippen MR) is 121 cm³/mol. The van der Waals surface area contributed by atoms with E-state index in [0.29, 0.717) is 23.0 Å². The molecule has 6 heteroatoms. The van der Waals surface area contributed by atoms with Gasteiger partial charge in [-0.3, -0.25) is 9.59 Å². The summed E-state index contributed by atoms with van der Waals surface area (Å²) in [5.41, 5.74) is 2.98. The molecule has 2 aromatic rings. The van der Waals surface area contributed by atoms with Gasteiger partial charge < -0.3 is 19.7 Å². The smallest absolute Gasteiger partial charge is 0.255 e. The molecule has 2 fully saturated rings. The molecule has 0 spiro atoms. The highest BCUT2D eigenvalue weighted by molar-refractivity contribution is 5.97. The molecule has 1 saturated carbocycles. The minimum Gasteiger partial charge on any atom is -0.497 e. The summed E-state index contributed by atoms with van der Waals surface area (Å²) in [5.74, 6) is 1.59. The molecule has 2 aliphatic carbocycles. The van der Waals surface area contributed by atoms with E-state index in [0.717, 1.165) is 51.6 Å². The zero-order valence-electron chi connectivity index (χ0n) is 18.5. The normalized spacial score (nSPS) is 20.5. The van der Waals surface area contributed by atoms with Gasteiger partial charge in [0.15, 0.2) is 0 Å². The summed E-state index contributed by atoms with van der Waals surface area (Å²) in [7, 11) is 1.59. The maximum Gasteiger partial charge on any atom is 0.255 e. The maximum absolute atomic E-state index is 13.3. The van der Waals surface area contributed by atoms with E-state index >= 15 is 0 Å². The minimum absolute atomic E-state index is 0.00873. The topological polar surface area (TPSA) is 67.9 Å². The number of likely N-dealkylation sites (tertiary alicyclic amines) is 1. The van der Waals surface area contributed by atoms with Gasteiger partial charge in [-0.1, -0.05) is 24.3 Å². The first-order valence-electron chi connectivity index (χ1n) is 11.6. The largest absolute Gasteiger partial charge is 0.497 e. The fraction of sp³-hybridized carbons (Fsp3) is 0.462. The molecule has 0 unspecified atom stereocenters. The number of methoxy groups -OCH3 is 1. The number of hydrogen-bond acceptors (Lipinski definition) is 4. The minimum atomic E-state index is -0.151. The van der Waals surface area contributed by atoms with Crippen molar-refractivity contribution in [1.82, 2.24) is 10.2 Å². The molecule has 0 bridgehead atoms. The number of hydrogen-bond donors (Lipinski definition) is 1. The monoisotopic (exact) mass is 434 g/mol. The Bertz CT molecular complexity index is 1010. The Balaban J connectivity index is 1.27. The highest BCUT2D eigenvalue weighted by Gasteiger charge is 2.35. The van der Waals surface area contributed by atoms with Gasteiger partial charge in [0.1, 0.15) is 17.6 Å². The van der Waals surface area contributed by atoms with Crippen molar-refractivity contribution in [2.75, 3.05) is 20.2 Å². The lowest BCUT2D eigenvalue weighted by molar-refractivity contribution is -0.134. The lowest BCUT2D eigenvalue weighted by atomic mass is 10.1. The molecule has 0 radical (unpaired) electrons. The fourth-order valence-corrected chi connectivity index (χ4v) is 4.82. The molecule has 1 atom stereocenters. The molecule has 1 aliphatic heterocycles. The van der Waals surface area contributed by atoms with Crippen LogP contribution in [0.5, 0.6) is 11.5 Å². The second-order valence-electron chi connectivity index (χ2n) is 9.04. The molecule has 6 nitrogen and oxygen atoms in total. The third-order valence-corrected chi connectivity index (χ3v) is 6.84. The van der Waals surface area contributed by atoms with Crippen LogP contribution >= 0.6 is 0 Å². The van der Waals surface area contributed by atoms with Crippen LogP contribution in [0.25, 0.3) is 0 Å². The van der Waals surface area contributed by atoms with Crippen LogP contribution in [0.4, 0.5) is 0 Å². The number of carbonyl (C=O) groups excluding carboxylic acids is 2. The summed E-state index contributed by atoms with van der Waals surface area (Å²) in [6, 6.07) is 13.7. The Hall–Kier alpha value is -3.02. The predicted octanol–water partition coefficient (Wildman–Crippen LogP) is 3.89. The zero-order valence-corrected chi connectivity index (χ0v) is 18.5. The average Bonchev–Trinajstić information content (AvgIpc) is 3.61. The maximum atomic E-state index is 13.3. The second kappa shape index (κ2) is 8.85. The van der Waals surface area contributed by atoms with Crippen molar-refractivity contribution in [1.29, 1.82) is 0 Å². The highest BCUT2D eigenvalue weighted by Crippen LogP contribution is 2.34. The number of benzene rings is 2. The van der Waals surface area contributed by atoms with E-state index in [4.69, 9.17) is 9.47 Å². The van der Waals surface area contributed by atoms with Crippen molar-refractivity contribution < 1.29 is 19.1 Å². The Morgan fingerprint density at radius 1 is 1.00 bits per heavy atom. The molecule has 3 aliphatic rings. The van der Waals surface area contributed by atoms with Crippen LogP contribution in [-0.4, -0.2) is 43.0 Å². The summed E-state index contributed by atoms with van der Waals surface area (Å²) < 4.78 is 11.7. The van der Waals surface area contributed by atoms with E-state index in [-0.39, 0.29) is 24.0 Å². The van der Waals surface area contributed by atoms with Crippen LogP contribution in [-0.2, 0) is 11.2 Å². The molecule has 0 aromatic heterocycles. The summed E-state index contributed by atoms with van der Waals surface area (Å²) in [5, 5.41) is 3.19. The SMILES string of the molecule is COc1ccc(OC2CCN(C(=O)C3CC3)CC2)c(C(=O)N[C@@H]2CCc3ccccc32)c1. The van der Waals surface area contributed by atoms with Crippen molar-refractivity contribution in [2.24, 2.45) is 5.92 Å². The highest BCUT2D eigenvalue weighted by atomic mass is 16.5. The Kier molecular flexibility index (Phi) is 5.77. The summed E-state index contributed by atoms with van der Waals surface area (Å²) in [6.07, 6.45) is 5.49. The molecule has 168 valence electrons. The lowest BCUT2D eigenvalue weighted by Gasteiger charge is -2.32. The number of carbonyl (C=O) groups is 2. The van der Waals surface area contributed by atoms with Crippen molar-refractivity contribution in [3.63, 3.8) is 0 Å². The van der Waals surface area contributed by atoms with E-state index in [1.165, 1.54) is 11.1 Å². The molecule has 1 N–H and O–H groups in total. The van der Waals surface area contributed by atoms with Gasteiger partial charge in [0.25, 0.3) is 5.91 Å². The number of aryl methyl sites for hydroxylation is 1. The molecule has 2 amide bonds. The first-order chi connectivity index (χ1) is 15.6. The van der Waals surface area contributed by atoms with Crippen molar-refractivity contribution in [2.45, 2.75) is 50.7 Å². The van der Waals surface area contributed by atoms with Crippen molar-refractivity contribution in [3.05, 3.63) is 59.2 Å². The number of piperidine rings is 1. The second-order valence-corrected chi connectivity index (χ2v) is 9.04. The van der Waals surface area contributed by atoms with Crippen LogP contribution in [0, 0.1) is 5.92 Å². The first kappa shape index (κ1) is 20.9. The first-order valence-corrected chi connectivity index (χ1v) is 11.6. The molecular formula is C26H30N2O4. The average molecular weight is 435 g/mol. The van der Waals surface area contributed by atoms with E-state index in [2.05, 4.69) is 17.4 Å². The Labute approximate surface area is 188 Å². The van der Waals surface area contributed by atoms with E-state index < -0.39 is 0 Å². The van der Waals surface area contributed by atoms with Gasteiger partial charge in [0, 0.05) is 31.8 Å². The number of nitrogens with one attached hydrogen (secondary N) is 1. The summed E-state index contributed by atoms with van der Waals surface area (Å²) in [6.45, 7) is 1.44. The summed E-state index contributed by atoms with van der Waals surface area (Å²) in [4.78, 5) is 27.5. The van der Waals surface area contributed by atoms with Gasteiger partial charge in [-0.15, -0.1) is 0 Å². The van der Waals surface area contributed by atoms with Gasteiger partial charge in [-0.05, 0) is 55.0 Å². The van der Waals surface area contributed by atoms with Crippen molar-refractivity contribution in [3.8, 4) is 11.5 Å². The van der Waals surface area contributed by atoms with Crippen LogP contribution in [0.2, 0.25) is 0 Å². The number of nitrogens with zero attached hydrogens (tertiary/aromatic N) is 1. The number of ether oxygens (including phenoxy) is 2. The van der Waals surface area contributed by atoms with Gasteiger partial charge >= 0.3 is 0 Å². The third-order valence-electron chi connectivity index (χ3n) is 6.84. The van der Waals surface area contributed by atoms with Gasteiger partial charge in [0.2, 0.25) is 5.91 Å². The van der Waals surface area contributed by atoms with Gasteiger partial charge in [0.05, 0.1) is 18.7 Å². The molecular weight excluding hydrogens is 404 g/mol. The van der Waals surface area contributed by atoms with Gasteiger partial charge in [-0.2, -0.15) is 0 Å². The zero-order chi connectivity index (χ0) is 22.1. The molecule has 1 saturated heterocycles. The molecule has 32 heavy (non-hydrogen) atoms. The Morgan fingerprint density at radius 2 is 1.78 bits per heavy atom. The lowest BCUT2D eigenvalue weighted by Crippen LogP contribution is -2.42. The number of amides is 2. The molecule has 2 aromatic carbocycles. The number of rotatable bonds is 6. The van der Waals surface area contributed by atoms with E-state index in [1.807, 2.05) is 29.2 Å². The van der Waals surface area contributed by atoms with Crippen molar-refractivity contribution >= 4 is 11.8 Å². The van der Waals surface area contributed by atoms with Gasteiger partial charge in [-0.25, -0.2) is 0 Å². The quantitative estimate of drug-likeness (QED) is 0.749. The molecule has 5 rings (SSSR count). The molecule has 1 heterocycles. The van der Waals surface area contributed by atoms with Crippen LogP contribution in [0.15, 0.2) is 42.5 Å². The van der Waals surface area contributed by atoms with Crippen LogP contribution < -0.4 is 14.8 Å². The van der Waals surface area contributed by atoms with E-state index in [9.17, 15) is 9.59 Å².